The number of carboxylic acids is 1. The Morgan fingerprint density at radius 1 is 1.29 bits per heavy atom. The van der Waals surface area contributed by atoms with E-state index >= 15 is 0 Å². The van der Waals surface area contributed by atoms with Gasteiger partial charge in [0.1, 0.15) is 5.56 Å². The molecule has 3 aromatic rings. The first-order chi connectivity index (χ1) is 11.5. The first kappa shape index (κ1) is 14.6. The lowest BCUT2D eigenvalue weighted by molar-refractivity contribution is 0.0695. The zero-order valence-corrected chi connectivity index (χ0v) is 13.4. The number of pyridine rings is 2. The predicted octanol–water partition coefficient (Wildman–Crippen LogP) is 3.26. The van der Waals surface area contributed by atoms with Crippen LogP contribution in [-0.2, 0) is 6.42 Å². The van der Waals surface area contributed by atoms with Gasteiger partial charge < -0.3 is 10.1 Å². The quantitative estimate of drug-likeness (QED) is 0.721. The van der Waals surface area contributed by atoms with Crippen LogP contribution in [0.2, 0.25) is 0 Å². The molecule has 2 aromatic heterocycles. The number of hydrogen-bond acceptors (Lipinski definition) is 3. The molecule has 0 radical (unpaired) electrons. The fourth-order valence-corrected chi connectivity index (χ4v) is 3.60. The molecular weight excluding hydrogens is 304 g/mol. The van der Waals surface area contributed by atoms with Crippen molar-refractivity contribution in [2.75, 3.05) is 0 Å². The van der Waals surface area contributed by atoms with Gasteiger partial charge in [-0.3, -0.25) is 9.78 Å². The molecule has 0 fully saturated rings. The molecule has 5 heteroatoms. The highest BCUT2D eigenvalue weighted by molar-refractivity contribution is 5.93. The van der Waals surface area contributed by atoms with Crippen molar-refractivity contribution in [1.29, 1.82) is 0 Å². The number of nitrogens with one attached hydrogen (secondary N) is 1. The number of fused-ring (bicyclic) bond motifs is 5. The summed E-state index contributed by atoms with van der Waals surface area (Å²) in [4.78, 5) is 30.9. The van der Waals surface area contributed by atoms with Gasteiger partial charge in [-0.25, -0.2) is 4.79 Å². The number of H-pyrrole nitrogens is 1. The second-order valence-corrected chi connectivity index (χ2v) is 6.32. The molecule has 0 aliphatic heterocycles. The van der Waals surface area contributed by atoms with Crippen molar-refractivity contribution in [2.45, 2.75) is 26.2 Å². The van der Waals surface area contributed by atoms with Gasteiger partial charge in [-0.05, 0) is 41.8 Å². The van der Waals surface area contributed by atoms with Crippen LogP contribution in [0.4, 0.5) is 0 Å². The molecule has 0 spiro atoms. The number of carboxylic acid groups (broad SMARTS) is 1. The van der Waals surface area contributed by atoms with E-state index in [9.17, 15) is 14.7 Å². The molecule has 24 heavy (non-hydrogen) atoms. The molecule has 0 amide bonds. The standard InChI is InChI=1S/C19H16N2O3/c1-9-7-14-12-6-4-3-5-11(12)10(2)20-17(14)16-13(9)8-15(19(23)24)18(22)21-16/h3-6,8-9H,7H2,1-2H3,(H,21,22)(H,23,24). The average molecular weight is 320 g/mol. The van der Waals surface area contributed by atoms with Crippen molar-refractivity contribution >= 4 is 16.7 Å². The minimum absolute atomic E-state index is 0.107. The average Bonchev–Trinajstić information content (AvgIpc) is 2.56. The van der Waals surface area contributed by atoms with E-state index in [0.717, 1.165) is 39.7 Å². The van der Waals surface area contributed by atoms with E-state index in [1.807, 2.05) is 32.0 Å². The fraction of sp³-hybridized carbons (Fsp3) is 0.211. The summed E-state index contributed by atoms with van der Waals surface area (Å²) in [7, 11) is 0. The number of carbonyl (C=O) groups is 1. The smallest absolute Gasteiger partial charge is 0.341 e. The highest BCUT2D eigenvalue weighted by Gasteiger charge is 2.28. The third-order valence-corrected chi connectivity index (χ3v) is 4.79. The monoisotopic (exact) mass is 320 g/mol. The van der Waals surface area contributed by atoms with E-state index in [1.165, 1.54) is 6.07 Å². The highest BCUT2D eigenvalue weighted by Crippen LogP contribution is 2.40. The van der Waals surface area contributed by atoms with Crippen LogP contribution in [0.3, 0.4) is 0 Å². The maximum atomic E-state index is 12.1. The van der Waals surface area contributed by atoms with Gasteiger partial charge in [-0.2, -0.15) is 0 Å². The lowest BCUT2D eigenvalue weighted by atomic mass is 9.82. The number of aromatic nitrogens is 2. The summed E-state index contributed by atoms with van der Waals surface area (Å²) >= 11 is 0. The van der Waals surface area contributed by atoms with Crippen molar-refractivity contribution in [1.82, 2.24) is 9.97 Å². The normalized spacial score (nSPS) is 15.8. The minimum Gasteiger partial charge on any atom is -0.477 e. The molecule has 0 saturated heterocycles. The number of aromatic carboxylic acids is 1. The highest BCUT2D eigenvalue weighted by atomic mass is 16.4. The molecule has 4 rings (SSSR count). The van der Waals surface area contributed by atoms with Crippen LogP contribution in [0.25, 0.3) is 22.2 Å². The maximum Gasteiger partial charge on any atom is 0.341 e. The molecule has 1 atom stereocenters. The van der Waals surface area contributed by atoms with E-state index in [1.54, 1.807) is 0 Å². The molecule has 1 unspecified atom stereocenters. The number of aromatic amines is 1. The van der Waals surface area contributed by atoms with Crippen LogP contribution in [0.1, 0.15) is 40.0 Å². The summed E-state index contributed by atoms with van der Waals surface area (Å²) in [5.41, 5.74) is 3.43. The third-order valence-electron chi connectivity index (χ3n) is 4.79. The molecule has 1 aliphatic carbocycles. The van der Waals surface area contributed by atoms with Gasteiger partial charge in [0.2, 0.25) is 0 Å². The van der Waals surface area contributed by atoms with Crippen LogP contribution in [-0.4, -0.2) is 21.0 Å². The van der Waals surface area contributed by atoms with Crippen LogP contribution in [0.15, 0.2) is 35.1 Å². The van der Waals surface area contributed by atoms with Crippen molar-refractivity contribution in [3.05, 3.63) is 63.1 Å². The van der Waals surface area contributed by atoms with E-state index in [4.69, 9.17) is 4.98 Å². The van der Waals surface area contributed by atoms with Crippen molar-refractivity contribution < 1.29 is 9.90 Å². The van der Waals surface area contributed by atoms with Gasteiger partial charge in [-0.15, -0.1) is 0 Å². The largest absolute Gasteiger partial charge is 0.477 e. The first-order valence-corrected chi connectivity index (χ1v) is 7.86. The van der Waals surface area contributed by atoms with E-state index in [0.29, 0.717) is 5.69 Å². The molecule has 1 aromatic carbocycles. The van der Waals surface area contributed by atoms with Crippen LogP contribution < -0.4 is 5.56 Å². The number of hydrogen-bond donors (Lipinski definition) is 2. The number of aryl methyl sites for hydroxylation is 1. The number of benzene rings is 1. The Bertz CT molecular complexity index is 1070. The number of rotatable bonds is 1. The summed E-state index contributed by atoms with van der Waals surface area (Å²) in [5.74, 6) is -1.10. The Morgan fingerprint density at radius 2 is 2.00 bits per heavy atom. The maximum absolute atomic E-state index is 12.1. The fourth-order valence-electron chi connectivity index (χ4n) is 3.60. The molecule has 1 aliphatic rings. The SMILES string of the molecule is Cc1nc2c(c3ccccc13)CC(C)c1cc(C(=O)O)c(=O)[nH]c1-2. The molecule has 0 saturated carbocycles. The van der Waals surface area contributed by atoms with Crippen LogP contribution in [0.5, 0.6) is 0 Å². The van der Waals surface area contributed by atoms with Crippen molar-refractivity contribution in [3.8, 4) is 11.4 Å². The Kier molecular flexibility index (Phi) is 3.06. The Morgan fingerprint density at radius 3 is 2.71 bits per heavy atom. The van der Waals surface area contributed by atoms with E-state index < -0.39 is 11.5 Å². The summed E-state index contributed by atoms with van der Waals surface area (Å²) in [6.45, 7) is 3.99. The first-order valence-electron chi connectivity index (χ1n) is 7.86. The molecular formula is C19H16N2O3. The summed E-state index contributed by atoms with van der Waals surface area (Å²) in [6, 6.07) is 9.61. The summed E-state index contributed by atoms with van der Waals surface area (Å²) in [5, 5.41) is 11.4. The zero-order chi connectivity index (χ0) is 17.0. The molecule has 2 heterocycles. The Balaban J connectivity index is 2.09. The van der Waals surface area contributed by atoms with Gasteiger partial charge >= 0.3 is 5.97 Å². The van der Waals surface area contributed by atoms with E-state index in [2.05, 4.69) is 11.1 Å². The molecule has 5 nitrogen and oxygen atoms in total. The molecule has 120 valence electrons. The molecule has 2 N–H and O–H groups in total. The second-order valence-electron chi connectivity index (χ2n) is 6.32. The van der Waals surface area contributed by atoms with Crippen LogP contribution in [0, 0.1) is 6.92 Å². The van der Waals surface area contributed by atoms with Crippen molar-refractivity contribution in [3.63, 3.8) is 0 Å². The van der Waals surface area contributed by atoms with Gasteiger partial charge in [0.05, 0.1) is 11.4 Å². The summed E-state index contributed by atoms with van der Waals surface area (Å²) in [6.07, 6.45) is 0.765. The Hall–Kier alpha value is -2.95. The lowest BCUT2D eigenvalue weighted by Gasteiger charge is -2.26. The Labute approximate surface area is 138 Å². The topological polar surface area (TPSA) is 83.0 Å². The second kappa shape index (κ2) is 5.03. The minimum atomic E-state index is -1.21. The van der Waals surface area contributed by atoms with E-state index in [-0.39, 0.29) is 11.5 Å². The van der Waals surface area contributed by atoms with Gasteiger partial charge in [0, 0.05) is 11.1 Å². The third kappa shape index (κ3) is 1.98. The zero-order valence-electron chi connectivity index (χ0n) is 13.4. The molecule has 0 bridgehead atoms. The van der Waals surface area contributed by atoms with Crippen molar-refractivity contribution in [2.24, 2.45) is 0 Å². The number of nitrogens with zero attached hydrogens (tertiary/aromatic N) is 1. The van der Waals surface area contributed by atoms with Gasteiger partial charge in [0.25, 0.3) is 5.56 Å². The predicted molar refractivity (Wildman–Crippen MR) is 91.6 cm³/mol. The lowest BCUT2D eigenvalue weighted by Crippen LogP contribution is -2.23. The van der Waals surface area contributed by atoms with Gasteiger partial charge in [-0.1, -0.05) is 31.2 Å². The van der Waals surface area contributed by atoms with Gasteiger partial charge in [0.15, 0.2) is 0 Å². The van der Waals surface area contributed by atoms with Crippen LogP contribution >= 0.6 is 0 Å². The summed E-state index contributed by atoms with van der Waals surface area (Å²) < 4.78 is 0.